The largest absolute Gasteiger partial charge is 0.352 e. The number of fused-ring (bicyclic) bond motifs is 1. The van der Waals surface area contributed by atoms with Gasteiger partial charge in [0, 0.05) is 43.9 Å². The van der Waals surface area contributed by atoms with Crippen LogP contribution in [0.4, 0.5) is 5.82 Å². The Bertz CT molecular complexity index is 644. The molecule has 1 atom stereocenters. The molecule has 1 aromatic heterocycles. The number of H-pyrrole nitrogens is 1. The number of para-hydroxylation sites is 1. The lowest BCUT2D eigenvalue weighted by atomic mass is 10.2. The number of anilines is 1. The molecule has 0 saturated carbocycles. The van der Waals surface area contributed by atoms with Crippen LogP contribution in [-0.4, -0.2) is 65.5 Å². The highest BCUT2D eigenvalue weighted by molar-refractivity contribution is 8.00. The monoisotopic (exact) mass is 345 g/mol. The molecule has 0 aliphatic carbocycles. The van der Waals surface area contributed by atoms with Gasteiger partial charge in [-0.15, -0.1) is 11.8 Å². The predicted octanol–water partition coefficient (Wildman–Crippen LogP) is 2.52. The van der Waals surface area contributed by atoms with E-state index in [9.17, 15) is 0 Å². The minimum Gasteiger partial charge on any atom is -0.352 e. The summed E-state index contributed by atoms with van der Waals surface area (Å²) in [6.07, 6.45) is 3.99. The van der Waals surface area contributed by atoms with Gasteiger partial charge in [0.1, 0.15) is 0 Å². The van der Waals surface area contributed by atoms with Crippen LogP contribution >= 0.6 is 11.8 Å². The first kappa shape index (κ1) is 16.2. The van der Waals surface area contributed by atoms with Gasteiger partial charge in [-0.2, -0.15) is 5.10 Å². The molecule has 0 amide bonds. The molecule has 2 aliphatic rings. The van der Waals surface area contributed by atoms with Crippen molar-refractivity contribution in [3.05, 3.63) is 24.3 Å². The second-order valence-electron chi connectivity index (χ2n) is 6.73. The Kier molecular flexibility index (Phi) is 5.25. The first-order chi connectivity index (χ1) is 11.9. The van der Waals surface area contributed by atoms with Crippen molar-refractivity contribution in [2.75, 3.05) is 49.9 Å². The molecule has 0 spiro atoms. The number of hydrogen-bond donors (Lipinski definition) is 2. The third kappa shape index (κ3) is 3.71. The van der Waals surface area contributed by atoms with E-state index in [2.05, 4.69) is 61.3 Å². The van der Waals surface area contributed by atoms with Gasteiger partial charge in [-0.05, 0) is 37.9 Å². The molecule has 6 heteroatoms. The van der Waals surface area contributed by atoms with Crippen molar-refractivity contribution in [3.8, 4) is 0 Å². The standard InChI is InChI=1S/C18H27N5S/c1-2-6-16-15(5-1)18(21-20-16)23-12-10-22(11-13-23)9-4-3-7-17-19-8-14-24-17/h1-2,5-6,17,19H,3-4,7-14H2,(H,20,21). The fourth-order valence-electron chi connectivity index (χ4n) is 3.70. The van der Waals surface area contributed by atoms with Crippen molar-refractivity contribution in [2.45, 2.75) is 24.6 Å². The number of benzene rings is 1. The van der Waals surface area contributed by atoms with Crippen LogP contribution in [0.25, 0.3) is 10.9 Å². The van der Waals surface area contributed by atoms with Gasteiger partial charge in [0.15, 0.2) is 5.82 Å². The van der Waals surface area contributed by atoms with Crippen LogP contribution in [0.15, 0.2) is 24.3 Å². The number of unbranched alkanes of at least 4 members (excludes halogenated alkanes) is 1. The first-order valence-corrected chi connectivity index (χ1v) is 10.2. The molecule has 1 aromatic carbocycles. The van der Waals surface area contributed by atoms with Gasteiger partial charge in [0.25, 0.3) is 0 Å². The molecule has 2 saturated heterocycles. The molecule has 130 valence electrons. The molecule has 0 radical (unpaired) electrons. The highest BCUT2D eigenvalue weighted by Crippen LogP contribution is 2.24. The lowest BCUT2D eigenvalue weighted by molar-refractivity contribution is 0.251. The van der Waals surface area contributed by atoms with Crippen molar-refractivity contribution >= 4 is 28.5 Å². The Hall–Kier alpha value is -1.24. The lowest BCUT2D eigenvalue weighted by Gasteiger charge is -2.35. The Morgan fingerprint density at radius 3 is 2.83 bits per heavy atom. The number of rotatable bonds is 6. The van der Waals surface area contributed by atoms with Crippen LogP contribution in [0, 0.1) is 0 Å². The van der Waals surface area contributed by atoms with E-state index in [1.54, 1.807) is 0 Å². The predicted molar refractivity (Wildman–Crippen MR) is 103 cm³/mol. The molecule has 2 N–H and O–H groups in total. The van der Waals surface area contributed by atoms with Crippen molar-refractivity contribution in [2.24, 2.45) is 0 Å². The summed E-state index contributed by atoms with van der Waals surface area (Å²) in [4.78, 5) is 5.04. The second kappa shape index (κ2) is 7.76. The highest BCUT2D eigenvalue weighted by Gasteiger charge is 2.20. The topological polar surface area (TPSA) is 47.2 Å². The van der Waals surface area contributed by atoms with Gasteiger partial charge in [-0.25, -0.2) is 0 Å². The van der Waals surface area contributed by atoms with E-state index in [1.165, 1.54) is 43.5 Å². The maximum atomic E-state index is 4.54. The van der Waals surface area contributed by atoms with Crippen molar-refractivity contribution in [1.29, 1.82) is 0 Å². The summed E-state index contributed by atoms with van der Waals surface area (Å²) in [6.45, 7) is 6.89. The smallest absolute Gasteiger partial charge is 0.158 e. The van der Waals surface area contributed by atoms with E-state index in [0.717, 1.165) is 42.9 Å². The summed E-state index contributed by atoms with van der Waals surface area (Å²) in [5.41, 5.74) is 1.13. The van der Waals surface area contributed by atoms with Gasteiger partial charge in [-0.3, -0.25) is 10.00 Å². The van der Waals surface area contributed by atoms with Gasteiger partial charge in [-0.1, -0.05) is 12.1 Å². The van der Waals surface area contributed by atoms with Gasteiger partial charge in [0.05, 0.1) is 10.9 Å². The van der Waals surface area contributed by atoms with E-state index < -0.39 is 0 Å². The average Bonchev–Trinajstić information content (AvgIpc) is 3.29. The van der Waals surface area contributed by atoms with E-state index in [0.29, 0.717) is 0 Å². The molecule has 2 aliphatic heterocycles. The van der Waals surface area contributed by atoms with Crippen LogP contribution in [0.2, 0.25) is 0 Å². The molecule has 0 bridgehead atoms. The minimum atomic E-state index is 0.717. The SMILES string of the molecule is c1ccc2c(N3CCN(CCCCC4NCCS4)CC3)n[nH]c2c1. The van der Waals surface area contributed by atoms with E-state index >= 15 is 0 Å². The number of piperazine rings is 1. The maximum Gasteiger partial charge on any atom is 0.158 e. The van der Waals surface area contributed by atoms with Crippen molar-refractivity contribution in [3.63, 3.8) is 0 Å². The number of nitrogens with zero attached hydrogens (tertiary/aromatic N) is 3. The normalized spacial score (nSPS) is 22.5. The lowest BCUT2D eigenvalue weighted by Crippen LogP contribution is -2.46. The minimum absolute atomic E-state index is 0.717. The summed E-state index contributed by atoms with van der Waals surface area (Å²) < 4.78 is 0. The Morgan fingerprint density at radius 2 is 2.00 bits per heavy atom. The molecule has 2 fully saturated rings. The molecule has 2 aromatic rings. The molecule has 5 nitrogen and oxygen atoms in total. The van der Waals surface area contributed by atoms with E-state index in [-0.39, 0.29) is 0 Å². The number of aromatic amines is 1. The zero-order valence-corrected chi connectivity index (χ0v) is 15.0. The third-order valence-corrected chi connectivity index (χ3v) is 6.35. The highest BCUT2D eigenvalue weighted by atomic mass is 32.2. The van der Waals surface area contributed by atoms with Gasteiger partial charge >= 0.3 is 0 Å². The second-order valence-corrected chi connectivity index (χ2v) is 8.04. The van der Waals surface area contributed by atoms with Crippen LogP contribution in [-0.2, 0) is 0 Å². The maximum absolute atomic E-state index is 4.54. The summed E-state index contributed by atoms with van der Waals surface area (Å²) in [6, 6.07) is 8.41. The van der Waals surface area contributed by atoms with Gasteiger partial charge < -0.3 is 10.2 Å². The average molecular weight is 346 g/mol. The third-order valence-electron chi connectivity index (χ3n) is 5.11. The molecule has 3 heterocycles. The first-order valence-electron chi connectivity index (χ1n) is 9.15. The van der Waals surface area contributed by atoms with Crippen LogP contribution < -0.4 is 10.2 Å². The fraction of sp³-hybridized carbons (Fsp3) is 0.611. The number of thioether (sulfide) groups is 1. The summed E-state index contributed by atoms with van der Waals surface area (Å²) in [7, 11) is 0. The number of nitrogens with one attached hydrogen (secondary N) is 2. The van der Waals surface area contributed by atoms with Crippen molar-refractivity contribution < 1.29 is 0 Å². The molecule has 4 rings (SSSR count). The molecule has 1 unspecified atom stereocenters. The summed E-state index contributed by atoms with van der Waals surface area (Å²) >= 11 is 2.09. The zero-order valence-electron chi connectivity index (χ0n) is 14.2. The van der Waals surface area contributed by atoms with E-state index in [4.69, 9.17) is 0 Å². The van der Waals surface area contributed by atoms with Crippen LogP contribution in [0.3, 0.4) is 0 Å². The molecule has 24 heavy (non-hydrogen) atoms. The Labute approximate surface area is 148 Å². The van der Waals surface area contributed by atoms with Crippen molar-refractivity contribution in [1.82, 2.24) is 20.4 Å². The summed E-state index contributed by atoms with van der Waals surface area (Å²) in [5.74, 6) is 2.41. The number of hydrogen-bond acceptors (Lipinski definition) is 5. The molecular weight excluding hydrogens is 318 g/mol. The quantitative estimate of drug-likeness (QED) is 0.788. The zero-order chi connectivity index (χ0) is 16.2. The Balaban J connectivity index is 1.22. The number of aromatic nitrogens is 2. The summed E-state index contributed by atoms with van der Waals surface area (Å²) in [5, 5.41) is 13.2. The van der Waals surface area contributed by atoms with E-state index in [1.807, 2.05) is 0 Å². The molecular formula is C18H27N5S. The van der Waals surface area contributed by atoms with Crippen LogP contribution in [0.5, 0.6) is 0 Å². The Morgan fingerprint density at radius 1 is 1.12 bits per heavy atom. The van der Waals surface area contributed by atoms with Gasteiger partial charge in [0.2, 0.25) is 0 Å². The van der Waals surface area contributed by atoms with Crippen LogP contribution in [0.1, 0.15) is 19.3 Å². The fourth-order valence-corrected chi connectivity index (χ4v) is 4.79.